The van der Waals surface area contributed by atoms with Crippen LogP contribution in [0.2, 0.25) is 0 Å². The number of hydrogen-bond acceptors (Lipinski definition) is 2. The molecule has 0 aliphatic rings. The lowest BCUT2D eigenvalue weighted by molar-refractivity contribution is 0.309. The molecule has 2 aromatic heterocycles. The number of fused-ring (bicyclic) bond motifs is 1. The lowest BCUT2D eigenvalue weighted by Gasteiger charge is -2.06. The van der Waals surface area contributed by atoms with Crippen molar-refractivity contribution in [1.82, 2.24) is 9.97 Å². The summed E-state index contributed by atoms with van der Waals surface area (Å²) in [5.74, 6) is 0.853. The number of hydrogen-bond donors (Lipinski definition) is 1. The lowest BCUT2D eigenvalue weighted by atomic mass is 10.1. The summed E-state index contributed by atoms with van der Waals surface area (Å²) < 4.78 is 5.71. The van der Waals surface area contributed by atoms with Gasteiger partial charge < -0.3 is 9.72 Å². The number of aromatic nitrogens is 2. The van der Waals surface area contributed by atoms with Crippen LogP contribution in [-0.2, 0) is 6.42 Å². The maximum Gasteiger partial charge on any atom is 0.137 e. The van der Waals surface area contributed by atoms with E-state index in [0.717, 1.165) is 30.8 Å². The predicted molar refractivity (Wildman–Crippen MR) is 81.1 cm³/mol. The Morgan fingerprint density at radius 1 is 1.15 bits per heavy atom. The van der Waals surface area contributed by atoms with Crippen molar-refractivity contribution in [3.63, 3.8) is 0 Å². The molecule has 3 nitrogen and oxygen atoms in total. The molecule has 20 heavy (non-hydrogen) atoms. The average Bonchev–Trinajstić information content (AvgIpc) is 2.91. The maximum atomic E-state index is 5.71. The van der Waals surface area contributed by atoms with Gasteiger partial charge in [-0.05, 0) is 60.5 Å². The monoisotopic (exact) mass is 266 g/mol. The minimum atomic E-state index is 0.719. The SMILES string of the molecule is Cc1cncc(OCCCc2ccc3[nH]ccc3c2)c1. The first-order valence-electron chi connectivity index (χ1n) is 6.92. The molecular formula is C17H18N2O. The number of rotatable bonds is 5. The molecule has 0 saturated carbocycles. The Hall–Kier alpha value is -2.29. The zero-order chi connectivity index (χ0) is 13.8. The van der Waals surface area contributed by atoms with Gasteiger partial charge in [0.05, 0.1) is 12.8 Å². The van der Waals surface area contributed by atoms with E-state index in [2.05, 4.69) is 34.2 Å². The Morgan fingerprint density at radius 3 is 3.00 bits per heavy atom. The summed E-state index contributed by atoms with van der Waals surface area (Å²) >= 11 is 0. The Labute approximate surface area is 118 Å². The van der Waals surface area contributed by atoms with Gasteiger partial charge in [0.1, 0.15) is 5.75 Å². The van der Waals surface area contributed by atoms with Crippen LogP contribution in [0.1, 0.15) is 17.5 Å². The van der Waals surface area contributed by atoms with Gasteiger partial charge in [-0.15, -0.1) is 0 Å². The number of H-pyrrole nitrogens is 1. The van der Waals surface area contributed by atoms with Crippen LogP contribution in [0.15, 0.2) is 48.9 Å². The maximum absolute atomic E-state index is 5.71. The van der Waals surface area contributed by atoms with E-state index in [4.69, 9.17) is 4.74 Å². The fraction of sp³-hybridized carbons (Fsp3) is 0.235. The number of benzene rings is 1. The van der Waals surface area contributed by atoms with Crippen LogP contribution in [0, 0.1) is 6.92 Å². The van der Waals surface area contributed by atoms with Crippen molar-refractivity contribution in [2.45, 2.75) is 19.8 Å². The Balaban J connectivity index is 1.52. The van der Waals surface area contributed by atoms with Crippen LogP contribution in [0.4, 0.5) is 0 Å². The first kappa shape index (κ1) is 12.7. The molecule has 0 aliphatic heterocycles. The molecule has 1 aromatic carbocycles. The molecule has 1 N–H and O–H groups in total. The van der Waals surface area contributed by atoms with E-state index in [9.17, 15) is 0 Å². The Morgan fingerprint density at radius 2 is 2.10 bits per heavy atom. The molecule has 0 bridgehead atoms. The highest BCUT2D eigenvalue weighted by molar-refractivity contribution is 5.79. The van der Waals surface area contributed by atoms with E-state index in [1.807, 2.05) is 25.4 Å². The quantitative estimate of drug-likeness (QED) is 0.712. The van der Waals surface area contributed by atoms with E-state index in [1.54, 1.807) is 6.20 Å². The van der Waals surface area contributed by atoms with Gasteiger partial charge in [0.2, 0.25) is 0 Å². The fourth-order valence-corrected chi connectivity index (χ4v) is 2.33. The van der Waals surface area contributed by atoms with Gasteiger partial charge in [-0.3, -0.25) is 4.98 Å². The van der Waals surface area contributed by atoms with Crippen molar-refractivity contribution >= 4 is 10.9 Å². The number of aromatic amines is 1. The second-order valence-electron chi connectivity index (χ2n) is 5.05. The lowest BCUT2D eigenvalue weighted by Crippen LogP contribution is -2.00. The molecule has 0 atom stereocenters. The van der Waals surface area contributed by atoms with Gasteiger partial charge in [-0.1, -0.05) is 6.07 Å². The molecule has 3 rings (SSSR count). The number of nitrogens with one attached hydrogen (secondary N) is 1. The van der Waals surface area contributed by atoms with Crippen LogP contribution < -0.4 is 4.74 Å². The van der Waals surface area contributed by atoms with Crippen molar-refractivity contribution in [2.75, 3.05) is 6.61 Å². The van der Waals surface area contributed by atoms with Crippen LogP contribution in [0.3, 0.4) is 0 Å². The molecule has 0 amide bonds. The molecule has 2 heterocycles. The van der Waals surface area contributed by atoms with Crippen LogP contribution >= 0.6 is 0 Å². The van der Waals surface area contributed by atoms with E-state index in [0.29, 0.717) is 0 Å². The summed E-state index contributed by atoms with van der Waals surface area (Å²) in [5, 5.41) is 1.27. The molecule has 3 heteroatoms. The molecule has 102 valence electrons. The number of nitrogens with zero attached hydrogens (tertiary/aromatic N) is 1. The number of pyridine rings is 1. The van der Waals surface area contributed by atoms with Crippen molar-refractivity contribution in [2.24, 2.45) is 0 Å². The van der Waals surface area contributed by atoms with E-state index in [1.165, 1.54) is 16.5 Å². The molecule has 0 spiro atoms. The fourth-order valence-electron chi connectivity index (χ4n) is 2.33. The largest absolute Gasteiger partial charge is 0.492 e. The standard InChI is InChI=1S/C17H18N2O/c1-13-9-16(12-18-11-13)20-8-2-3-14-4-5-17-15(10-14)6-7-19-17/h4-7,9-12,19H,2-3,8H2,1H3. The van der Waals surface area contributed by atoms with Crippen molar-refractivity contribution in [3.8, 4) is 5.75 Å². The topological polar surface area (TPSA) is 37.9 Å². The first-order chi connectivity index (χ1) is 9.81. The minimum Gasteiger partial charge on any atom is -0.492 e. The highest BCUT2D eigenvalue weighted by Crippen LogP contribution is 2.16. The molecule has 0 aliphatic carbocycles. The average molecular weight is 266 g/mol. The summed E-state index contributed by atoms with van der Waals surface area (Å²) in [6.45, 7) is 2.74. The van der Waals surface area contributed by atoms with Crippen LogP contribution in [-0.4, -0.2) is 16.6 Å². The summed E-state index contributed by atoms with van der Waals surface area (Å²) in [7, 11) is 0. The summed E-state index contributed by atoms with van der Waals surface area (Å²) in [5.41, 5.74) is 3.67. The summed E-state index contributed by atoms with van der Waals surface area (Å²) in [4.78, 5) is 7.33. The van der Waals surface area contributed by atoms with Gasteiger partial charge >= 0.3 is 0 Å². The third kappa shape index (κ3) is 2.99. The van der Waals surface area contributed by atoms with Gasteiger partial charge in [-0.25, -0.2) is 0 Å². The zero-order valence-corrected chi connectivity index (χ0v) is 11.6. The third-order valence-corrected chi connectivity index (χ3v) is 3.35. The first-order valence-corrected chi connectivity index (χ1v) is 6.92. The predicted octanol–water partition coefficient (Wildman–Crippen LogP) is 3.88. The van der Waals surface area contributed by atoms with E-state index in [-0.39, 0.29) is 0 Å². The third-order valence-electron chi connectivity index (χ3n) is 3.35. The van der Waals surface area contributed by atoms with Gasteiger partial charge in [0, 0.05) is 17.9 Å². The molecule has 0 fully saturated rings. The number of aryl methyl sites for hydroxylation is 2. The van der Waals surface area contributed by atoms with Crippen molar-refractivity contribution in [1.29, 1.82) is 0 Å². The van der Waals surface area contributed by atoms with Gasteiger partial charge in [-0.2, -0.15) is 0 Å². The Kier molecular flexibility index (Phi) is 3.68. The highest BCUT2D eigenvalue weighted by Gasteiger charge is 1.99. The van der Waals surface area contributed by atoms with Gasteiger partial charge in [0.15, 0.2) is 0 Å². The summed E-state index contributed by atoms with van der Waals surface area (Å²) in [6, 6.07) is 10.7. The van der Waals surface area contributed by atoms with Crippen molar-refractivity contribution in [3.05, 3.63) is 60.0 Å². The van der Waals surface area contributed by atoms with Crippen molar-refractivity contribution < 1.29 is 4.74 Å². The minimum absolute atomic E-state index is 0.719. The zero-order valence-electron chi connectivity index (χ0n) is 11.6. The highest BCUT2D eigenvalue weighted by atomic mass is 16.5. The molecule has 0 radical (unpaired) electrons. The molecule has 3 aromatic rings. The molecular weight excluding hydrogens is 248 g/mol. The second kappa shape index (κ2) is 5.78. The number of ether oxygens (including phenoxy) is 1. The smallest absolute Gasteiger partial charge is 0.137 e. The normalized spacial score (nSPS) is 10.8. The Bertz CT molecular complexity index is 703. The molecule has 0 saturated heterocycles. The van der Waals surface area contributed by atoms with E-state index >= 15 is 0 Å². The second-order valence-corrected chi connectivity index (χ2v) is 5.05. The van der Waals surface area contributed by atoms with E-state index < -0.39 is 0 Å². The van der Waals surface area contributed by atoms with Crippen LogP contribution in [0.5, 0.6) is 5.75 Å². The van der Waals surface area contributed by atoms with Crippen LogP contribution in [0.25, 0.3) is 10.9 Å². The molecule has 0 unspecified atom stereocenters. The summed E-state index contributed by atoms with van der Waals surface area (Å²) in [6.07, 6.45) is 7.60. The van der Waals surface area contributed by atoms with Gasteiger partial charge in [0.25, 0.3) is 0 Å².